The number of nitrogens with zero attached hydrogens (tertiary/aromatic N) is 2. The molecule has 2 atom stereocenters. The van der Waals surface area contributed by atoms with E-state index in [0.717, 1.165) is 75.7 Å². The molecule has 0 amide bonds. The van der Waals surface area contributed by atoms with Gasteiger partial charge < -0.3 is 42.2 Å². The van der Waals surface area contributed by atoms with Crippen molar-refractivity contribution in [3.8, 4) is 22.8 Å². The lowest BCUT2D eigenvalue weighted by Crippen LogP contribution is -2.33. The predicted octanol–water partition coefficient (Wildman–Crippen LogP) is 6.23. The number of nitrogens with two attached hydrogens (primary N) is 3. The van der Waals surface area contributed by atoms with Gasteiger partial charge in [0.05, 0.1) is 23.6 Å². The third kappa shape index (κ3) is 6.06. The molecule has 2 unspecified atom stereocenters. The molecule has 2 aliphatic heterocycles. The summed E-state index contributed by atoms with van der Waals surface area (Å²) in [4.78, 5) is 10.8. The van der Waals surface area contributed by atoms with Crippen molar-refractivity contribution < 1.29 is 9.84 Å². The van der Waals surface area contributed by atoms with Crippen LogP contribution in [-0.2, 0) is 0 Å². The van der Waals surface area contributed by atoms with Gasteiger partial charge in [0.25, 0.3) is 0 Å². The number of hydrogen-bond donors (Lipinski definition) is 6. The number of likely N-dealkylation sites (tertiary alicyclic amines) is 1. The molecule has 46 heavy (non-hydrogen) atoms. The van der Waals surface area contributed by atoms with Gasteiger partial charge in [0.2, 0.25) is 0 Å². The summed E-state index contributed by atoms with van der Waals surface area (Å²) in [6, 6.07) is 19.4. The highest BCUT2D eigenvalue weighted by atomic mass is 16.5. The molecule has 9 heteroatoms. The second-order valence-corrected chi connectivity index (χ2v) is 12.3. The maximum atomic E-state index is 10.4. The van der Waals surface area contributed by atoms with Crippen molar-refractivity contribution in [2.45, 2.75) is 32.7 Å². The monoisotopic (exact) mass is 617 g/mol. The SMILES string of the molecule is C=C(C(CN)C(C)C)N1CCCC1c1ncc(-c2ccc3c(c2)OCNc2ccc(/C(N)=C/N)cc2/C=C/3c2cccc(O)c2)[nH]1. The quantitative estimate of drug-likeness (QED) is 0.136. The number of H-pyrrole nitrogens is 1. The summed E-state index contributed by atoms with van der Waals surface area (Å²) in [5, 5.41) is 13.8. The number of aromatic hydroxyl groups is 1. The molecule has 3 heterocycles. The molecule has 4 aromatic rings. The molecule has 0 bridgehead atoms. The third-order valence-electron chi connectivity index (χ3n) is 9.11. The Morgan fingerprint density at radius 2 is 2.00 bits per heavy atom. The van der Waals surface area contributed by atoms with Crippen LogP contribution in [0.15, 0.2) is 85.3 Å². The van der Waals surface area contributed by atoms with Crippen LogP contribution in [0.25, 0.3) is 28.6 Å². The maximum absolute atomic E-state index is 10.4. The number of nitrogens with one attached hydrogen (secondary N) is 2. The summed E-state index contributed by atoms with van der Waals surface area (Å²) in [5.74, 6) is 2.46. The number of imidazole rings is 1. The Kier molecular flexibility index (Phi) is 8.76. The van der Waals surface area contributed by atoms with E-state index < -0.39 is 0 Å². The number of phenolic OH excluding ortho intramolecular Hbond substituents is 1. The van der Waals surface area contributed by atoms with Crippen LogP contribution in [0.4, 0.5) is 5.69 Å². The van der Waals surface area contributed by atoms with E-state index in [1.807, 2.05) is 42.6 Å². The van der Waals surface area contributed by atoms with Crippen molar-refractivity contribution in [1.82, 2.24) is 14.9 Å². The van der Waals surface area contributed by atoms with Gasteiger partial charge in [-0.3, -0.25) is 0 Å². The predicted molar refractivity (Wildman–Crippen MR) is 186 cm³/mol. The molecular weight excluding hydrogens is 574 g/mol. The molecule has 1 fully saturated rings. The molecule has 0 spiro atoms. The van der Waals surface area contributed by atoms with Crippen molar-refractivity contribution in [2.24, 2.45) is 29.0 Å². The minimum atomic E-state index is 0.134. The van der Waals surface area contributed by atoms with Crippen molar-refractivity contribution >= 4 is 23.0 Å². The number of phenols is 1. The summed E-state index contributed by atoms with van der Waals surface area (Å²) >= 11 is 0. The van der Waals surface area contributed by atoms with E-state index in [0.29, 0.717) is 23.9 Å². The Labute approximate surface area is 270 Å². The van der Waals surface area contributed by atoms with Gasteiger partial charge in [-0.2, -0.15) is 0 Å². The second kappa shape index (κ2) is 13.1. The Hall–Kier alpha value is -5.15. The Morgan fingerprint density at radius 3 is 2.76 bits per heavy atom. The number of fused-ring (bicyclic) bond motifs is 2. The Morgan fingerprint density at radius 1 is 1.15 bits per heavy atom. The zero-order valence-corrected chi connectivity index (χ0v) is 26.5. The number of anilines is 1. The van der Waals surface area contributed by atoms with E-state index in [2.05, 4.69) is 53.8 Å². The van der Waals surface area contributed by atoms with Crippen molar-refractivity contribution in [3.05, 3.63) is 113 Å². The molecule has 2 aliphatic rings. The van der Waals surface area contributed by atoms with Gasteiger partial charge in [-0.15, -0.1) is 0 Å². The highest BCUT2D eigenvalue weighted by Gasteiger charge is 2.32. The van der Waals surface area contributed by atoms with Crippen molar-refractivity contribution in [2.75, 3.05) is 25.1 Å². The van der Waals surface area contributed by atoms with Gasteiger partial charge >= 0.3 is 0 Å². The summed E-state index contributed by atoms with van der Waals surface area (Å²) < 4.78 is 6.39. The molecular formula is C37H43N7O2. The van der Waals surface area contributed by atoms with Crippen LogP contribution in [0, 0.1) is 11.8 Å². The van der Waals surface area contributed by atoms with Crippen LogP contribution in [0.3, 0.4) is 0 Å². The van der Waals surface area contributed by atoms with E-state index in [1.54, 1.807) is 12.1 Å². The fourth-order valence-corrected chi connectivity index (χ4v) is 6.54. The van der Waals surface area contributed by atoms with Crippen molar-refractivity contribution in [1.29, 1.82) is 0 Å². The molecule has 6 rings (SSSR count). The fourth-order valence-electron chi connectivity index (χ4n) is 6.54. The van der Waals surface area contributed by atoms with Gasteiger partial charge in [-0.25, -0.2) is 4.98 Å². The third-order valence-corrected chi connectivity index (χ3v) is 9.11. The molecule has 3 aromatic carbocycles. The highest BCUT2D eigenvalue weighted by Crippen LogP contribution is 2.40. The normalized spacial score (nSPS) is 18.3. The second-order valence-electron chi connectivity index (χ2n) is 12.3. The van der Waals surface area contributed by atoms with Gasteiger partial charge in [0.15, 0.2) is 6.73 Å². The zero-order valence-electron chi connectivity index (χ0n) is 26.5. The summed E-state index contributed by atoms with van der Waals surface area (Å²) in [6.45, 7) is 10.6. The number of ether oxygens (including phenoxy) is 1. The van der Waals surface area contributed by atoms with E-state index in [1.165, 1.54) is 6.20 Å². The van der Waals surface area contributed by atoms with E-state index in [-0.39, 0.29) is 24.4 Å². The minimum absolute atomic E-state index is 0.134. The number of aromatic amines is 1. The van der Waals surface area contributed by atoms with Gasteiger partial charge in [-0.1, -0.05) is 44.7 Å². The lowest BCUT2D eigenvalue weighted by Gasteiger charge is -2.33. The maximum Gasteiger partial charge on any atom is 0.159 e. The lowest BCUT2D eigenvalue weighted by atomic mass is 9.92. The first-order chi connectivity index (χ1) is 22.3. The first-order valence-corrected chi connectivity index (χ1v) is 15.8. The standard InChI is InChI=1S/C37H43N7O2/c1-22(2)31(18-38)23(3)44-13-5-8-35(44)37-41-20-34(43-37)26-9-11-29-30(24-6-4-7-28(45)15-24)16-27-14-25(32(40)19-39)10-12-33(27)42-21-46-36(29)17-26/h4,6-7,9-12,14-17,19-20,22,31,35,42,45H,3,5,8,13,18,21,38-40H2,1-2H3,(H,41,43)/b30-16+,32-19-. The lowest BCUT2D eigenvalue weighted by molar-refractivity contribution is 0.256. The Bertz CT molecular complexity index is 1800. The van der Waals surface area contributed by atoms with Crippen molar-refractivity contribution in [3.63, 3.8) is 0 Å². The average molecular weight is 618 g/mol. The van der Waals surface area contributed by atoms with Crippen LogP contribution < -0.4 is 27.3 Å². The first-order valence-electron chi connectivity index (χ1n) is 15.8. The van der Waals surface area contributed by atoms with Gasteiger partial charge in [0.1, 0.15) is 17.3 Å². The number of hydrogen-bond acceptors (Lipinski definition) is 8. The molecule has 1 aromatic heterocycles. The molecule has 0 aliphatic carbocycles. The van der Waals surface area contributed by atoms with E-state index in [4.69, 9.17) is 26.9 Å². The van der Waals surface area contributed by atoms with Crippen LogP contribution in [-0.4, -0.2) is 39.8 Å². The van der Waals surface area contributed by atoms with Crippen LogP contribution in [0.1, 0.15) is 60.8 Å². The number of benzene rings is 3. The topological polar surface area (TPSA) is 151 Å². The zero-order chi connectivity index (χ0) is 32.4. The number of rotatable bonds is 8. The number of aromatic nitrogens is 2. The summed E-state index contributed by atoms with van der Waals surface area (Å²) in [6.07, 6.45) is 7.46. The van der Waals surface area contributed by atoms with Gasteiger partial charge in [0, 0.05) is 47.7 Å². The Balaban J connectivity index is 1.38. The highest BCUT2D eigenvalue weighted by molar-refractivity contribution is 5.96. The fraction of sp³-hybridized carbons (Fsp3) is 0.270. The minimum Gasteiger partial charge on any atom is -0.508 e. The molecule has 9 nitrogen and oxygen atoms in total. The smallest absolute Gasteiger partial charge is 0.159 e. The summed E-state index contributed by atoms with van der Waals surface area (Å²) in [5.41, 5.74) is 26.7. The average Bonchev–Trinajstić information content (AvgIpc) is 3.75. The van der Waals surface area contributed by atoms with E-state index >= 15 is 0 Å². The molecule has 9 N–H and O–H groups in total. The molecule has 0 saturated carbocycles. The summed E-state index contributed by atoms with van der Waals surface area (Å²) in [7, 11) is 0. The van der Waals surface area contributed by atoms with Crippen LogP contribution >= 0.6 is 0 Å². The van der Waals surface area contributed by atoms with Gasteiger partial charge in [-0.05, 0) is 83.5 Å². The molecule has 238 valence electrons. The first kappa shape index (κ1) is 30.9. The van der Waals surface area contributed by atoms with Crippen LogP contribution in [0.2, 0.25) is 0 Å². The largest absolute Gasteiger partial charge is 0.508 e. The van der Waals surface area contributed by atoms with Crippen LogP contribution in [0.5, 0.6) is 11.5 Å². The molecule has 0 radical (unpaired) electrons. The molecule has 1 saturated heterocycles. The van der Waals surface area contributed by atoms with E-state index in [9.17, 15) is 5.11 Å².